The fourth-order valence-corrected chi connectivity index (χ4v) is 2.21. The lowest BCUT2D eigenvalue weighted by atomic mass is 10.2. The quantitative estimate of drug-likeness (QED) is 0.624. The molecule has 6 nitrogen and oxygen atoms in total. The first kappa shape index (κ1) is 16.6. The third-order valence-corrected chi connectivity index (χ3v) is 3.25. The number of anilines is 1. The van der Waals surface area contributed by atoms with Gasteiger partial charge in [-0.25, -0.2) is 4.79 Å². The van der Waals surface area contributed by atoms with Gasteiger partial charge in [-0.05, 0) is 35.9 Å². The second kappa shape index (κ2) is 7.51. The molecule has 2 rings (SSSR count). The topological polar surface area (TPSA) is 80.2 Å². The predicted molar refractivity (Wildman–Crippen MR) is 89.2 cm³/mol. The van der Waals surface area contributed by atoms with Gasteiger partial charge in [-0.15, -0.1) is 0 Å². The molecule has 0 amide bonds. The van der Waals surface area contributed by atoms with Crippen LogP contribution in [0.15, 0.2) is 41.5 Å². The van der Waals surface area contributed by atoms with Gasteiger partial charge >= 0.3 is 5.97 Å². The number of carbonyl (C=O) groups is 1. The van der Waals surface area contributed by atoms with Crippen LogP contribution < -0.4 is 14.9 Å². The summed E-state index contributed by atoms with van der Waals surface area (Å²) in [5, 5.41) is 13.4. The molecule has 120 valence electrons. The summed E-state index contributed by atoms with van der Waals surface area (Å²) in [4.78, 5) is 10.9. The van der Waals surface area contributed by atoms with Crippen molar-refractivity contribution in [2.75, 3.05) is 19.6 Å². The van der Waals surface area contributed by atoms with E-state index in [0.29, 0.717) is 27.8 Å². The molecule has 0 aliphatic rings. The van der Waals surface area contributed by atoms with E-state index in [1.165, 1.54) is 26.4 Å². The molecule has 7 heteroatoms. The van der Waals surface area contributed by atoms with Crippen LogP contribution in [0.25, 0.3) is 0 Å². The lowest BCUT2D eigenvalue weighted by molar-refractivity contribution is 0.0697. The number of hydrogen-bond donors (Lipinski definition) is 2. The Hall–Kier alpha value is -2.73. The maximum Gasteiger partial charge on any atom is 0.335 e. The van der Waals surface area contributed by atoms with Crippen molar-refractivity contribution in [3.05, 3.63) is 52.5 Å². The summed E-state index contributed by atoms with van der Waals surface area (Å²) >= 11 is 6.11. The molecule has 0 fully saturated rings. The van der Waals surface area contributed by atoms with E-state index in [0.717, 1.165) is 0 Å². The van der Waals surface area contributed by atoms with Crippen LogP contribution in [0.3, 0.4) is 0 Å². The van der Waals surface area contributed by atoms with E-state index in [-0.39, 0.29) is 5.56 Å². The summed E-state index contributed by atoms with van der Waals surface area (Å²) in [6.45, 7) is 0. The largest absolute Gasteiger partial charge is 0.493 e. The van der Waals surface area contributed by atoms with Crippen LogP contribution in [0.4, 0.5) is 5.69 Å². The fraction of sp³-hybridized carbons (Fsp3) is 0.125. The highest BCUT2D eigenvalue weighted by molar-refractivity contribution is 6.32. The van der Waals surface area contributed by atoms with E-state index < -0.39 is 5.97 Å². The maximum absolute atomic E-state index is 10.9. The Bertz CT molecular complexity index is 747. The highest BCUT2D eigenvalue weighted by atomic mass is 35.5. The normalized spacial score (nSPS) is 10.6. The number of ether oxygens (including phenoxy) is 2. The van der Waals surface area contributed by atoms with Crippen LogP contribution >= 0.6 is 11.6 Å². The number of halogens is 1. The Balaban J connectivity index is 2.16. The van der Waals surface area contributed by atoms with Gasteiger partial charge < -0.3 is 14.6 Å². The number of carboxylic acids is 1. The fourth-order valence-electron chi connectivity index (χ4n) is 1.92. The lowest BCUT2D eigenvalue weighted by Gasteiger charge is -2.10. The van der Waals surface area contributed by atoms with Crippen molar-refractivity contribution in [2.24, 2.45) is 5.10 Å². The number of nitrogens with one attached hydrogen (secondary N) is 1. The molecule has 0 saturated carbocycles. The molecule has 0 atom stereocenters. The average molecular weight is 335 g/mol. The molecule has 0 heterocycles. The lowest BCUT2D eigenvalue weighted by Crippen LogP contribution is -1.98. The van der Waals surface area contributed by atoms with Crippen LogP contribution in [-0.4, -0.2) is 31.5 Å². The number of methoxy groups -OCH3 is 2. The van der Waals surface area contributed by atoms with Gasteiger partial charge in [0.1, 0.15) is 0 Å². The maximum atomic E-state index is 10.9. The first-order valence-electron chi connectivity index (χ1n) is 6.59. The van der Waals surface area contributed by atoms with Crippen molar-refractivity contribution in [1.29, 1.82) is 0 Å². The van der Waals surface area contributed by atoms with E-state index in [2.05, 4.69) is 10.5 Å². The van der Waals surface area contributed by atoms with Crippen LogP contribution in [0.2, 0.25) is 5.02 Å². The van der Waals surface area contributed by atoms with Crippen molar-refractivity contribution < 1.29 is 19.4 Å². The van der Waals surface area contributed by atoms with Gasteiger partial charge in [-0.1, -0.05) is 17.7 Å². The molecule has 0 unspecified atom stereocenters. The van der Waals surface area contributed by atoms with E-state index >= 15 is 0 Å². The Labute approximate surface area is 138 Å². The van der Waals surface area contributed by atoms with Crippen molar-refractivity contribution >= 4 is 29.5 Å². The van der Waals surface area contributed by atoms with Gasteiger partial charge in [0, 0.05) is 0 Å². The highest BCUT2D eigenvalue weighted by Gasteiger charge is 2.09. The number of rotatable bonds is 6. The smallest absolute Gasteiger partial charge is 0.335 e. The summed E-state index contributed by atoms with van der Waals surface area (Å²) in [5.74, 6) is -0.0490. The molecule has 0 saturated heterocycles. The average Bonchev–Trinajstić information content (AvgIpc) is 2.54. The Morgan fingerprint density at radius 2 is 2.04 bits per heavy atom. The SMILES string of the molecule is COc1cc(/C=N/Nc2cccc(C(=O)O)c2)cc(Cl)c1OC. The van der Waals surface area contributed by atoms with E-state index in [1.54, 1.807) is 30.5 Å². The van der Waals surface area contributed by atoms with Crippen LogP contribution in [0, 0.1) is 0 Å². The van der Waals surface area contributed by atoms with Crippen LogP contribution in [-0.2, 0) is 0 Å². The van der Waals surface area contributed by atoms with E-state index in [9.17, 15) is 4.79 Å². The molecule has 0 bridgehead atoms. The monoisotopic (exact) mass is 334 g/mol. The highest BCUT2D eigenvalue weighted by Crippen LogP contribution is 2.35. The number of aromatic carboxylic acids is 1. The standard InChI is InChI=1S/C16H15ClN2O4/c1-22-14-7-10(6-13(17)15(14)23-2)9-18-19-12-5-3-4-11(8-12)16(20)21/h3-9,19H,1-2H3,(H,20,21)/b18-9+. The molecular formula is C16H15ClN2O4. The molecule has 23 heavy (non-hydrogen) atoms. The summed E-state index contributed by atoms with van der Waals surface area (Å²) in [7, 11) is 3.03. The van der Waals surface area contributed by atoms with Crippen molar-refractivity contribution in [2.45, 2.75) is 0 Å². The minimum atomic E-state index is -0.996. The van der Waals surface area contributed by atoms with Crippen molar-refractivity contribution in [1.82, 2.24) is 0 Å². The number of nitrogens with zero attached hydrogens (tertiary/aromatic N) is 1. The zero-order valence-electron chi connectivity index (χ0n) is 12.5. The molecule has 0 spiro atoms. The van der Waals surface area contributed by atoms with Gasteiger partial charge in [0.25, 0.3) is 0 Å². The Morgan fingerprint density at radius 1 is 1.26 bits per heavy atom. The predicted octanol–water partition coefficient (Wildman–Crippen LogP) is 3.50. The Morgan fingerprint density at radius 3 is 2.70 bits per heavy atom. The third-order valence-electron chi connectivity index (χ3n) is 2.97. The van der Waals surface area contributed by atoms with Crippen LogP contribution in [0.1, 0.15) is 15.9 Å². The molecule has 2 aromatic rings. The summed E-state index contributed by atoms with van der Waals surface area (Å²) in [5.41, 5.74) is 4.21. The van der Waals surface area contributed by atoms with Crippen LogP contribution in [0.5, 0.6) is 11.5 Å². The van der Waals surface area contributed by atoms with Crippen molar-refractivity contribution in [3.8, 4) is 11.5 Å². The summed E-state index contributed by atoms with van der Waals surface area (Å²) in [6.07, 6.45) is 1.54. The third kappa shape index (κ3) is 4.14. The number of benzene rings is 2. The molecule has 0 radical (unpaired) electrons. The molecule has 0 aromatic heterocycles. The molecule has 0 aliphatic heterocycles. The second-order valence-electron chi connectivity index (χ2n) is 4.49. The Kier molecular flexibility index (Phi) is 5.43. The first-order chi connectivity index (χ1) is 11.0. The minimum Gasteiger partial charge on any atom is -0.493 e. The summed E-state index contributed by atoms with van der Waals surface area (Å²) in [6, 6.07) is 9.75. The van der Waals surface area contributed by atoms with E-state index in [4.69, 9.17) is 26.2 Å². The van der Waals surface area contributed by atoms with Gasteiger partial charge in [0.05, 0.1) is 36.7 Å². The first-order valence-corrected chi connectivity index (χ1v) is 6.97. The van der Waals surface area contributed by atoms with Gasteiger partial charge in [-0.3, -0.25) is 5.43 Å². The molecule has 2 N–H and O–H groups in total. The van der Waals surface area contributed by atoms with Crippen molar-refractivity contribution in [3.63, 3.8) is 0 Å². The molecule has 0 aliphatic carbocycles. The second-order valence-corrected chi connectivity index (χ2v) is 4.90. The zero-order valence-corrected chi connectivity index (χ0v) is 13.3. The molecule has 2 aromatic carbocycles. The number of hydrazone groups is 1. The van der Waals surface area contributed by atoms with E-state index in [1.807, 2.05) is 0 Å². The number of hydrogen-bond acceptors (Lipinski definition) is 5. The number of carboxylic acid groups (broad SMARTS) is 1. The minimum absolute atomic E-state index is 0.180. The molecular weight excluding hydrogens is 320 g/mol. The summed E-state index contributed by atoms with van der Waals surface area (Å²) < 4.78 is 10.4. The van der Waals surface area contributed by atoms with Gasteiger partial charge in [-0.2, -0.15) is 5.10 Å². The van der Waals surface area contributed by atoms with Gasteiger partial charge in [0.15, 0.2) is 11.5 Å². The zero-order chi connectivity index (χ0) is 16.8. The van der Waals surface area contributed by atoms with Gasteiger partial charge in [0.2, 0.25) is 0 Å².